The van der Waals surface area contributed by atoms with Crippen LogP contribution in [0.1, 0.15) is 52.1 Å². The normalized spacial score (nSPS) is 12.3. The Balaban J connectivity index is 2.45. The lowest BCUT2D eigenvalue weighted by Crippen LogP contribution is -2.36. The Labute approximate surface area is 116 Å². The highest BCUT2D eigenvalue weighted by atomic mass is 32.2. The average molecular weight is 269 g/mol. The van der Waals surface area contributed by atoms with Crippen molar-refractivity contribution in [3.05, 3.63) is 18.0 Å². The number of aromatic nitrogens is 2. The zero-order valence-electron chi connectivity index (χ0n) is 12.4. The van der Waals surface area contributed by atoms with Crippen molar-refractivity contribution in [3.63, 3.8) is 0 Å². The third-order valence-electron chi connectivity index (χ3n) is 3.68. The van der Waals surface area contributed by atoms with Gasteiger partial charge in [-0.2, -0.15) is 16.9 Å². The highest BCUT2D eigenvalue weighted by molar-refractivity contribution is 8.00. The van der Waals surface area contributed by atoms with Gasteiger partial charge in [-0.15, -0.1) is 0 Å². The van der Waals surface area contributed by atoms with E-state index in [0.29, 0.717) is 10.8 Å². The SMILES string of the molecule is CCC(CC)(CNCc1cnn(C(C)C)c1)SC. The molecule has 1 heterocycles. The second kappa shape index (κ2) is 7.19. The van der Waals surface area contributed by atoms with Crippen LogP contribution in [-0.4, -0.2) is 27.3 Å². The monoisotopic (exact) mass is 269 g/mol. The van der Waals surface area contributed by atoms with Crippen LogP contribution in [0.3, 0.4) is 0 Å². The van der Waals surface area contributed by atoms with Crippen LogP contribution in [-0.2, 0) is 6.54 Å². The molecule has 0 aromatic carbocycles. The number of rotatable bonds is 8. The molecule has 0 aliphatic heterocycles. The van der Waals surface area contributed by atoms with E-state index in [4.69, 9.17) is 0 Å². The van der Waals surface area contributed by atoms with E-state index in [1.807, 2.05) is 22.6 Å². The average Bonchev–Trinajstić information content (AvgIpc) is 2.84. The van der Waals surface area contributed by atoms with E-state index in [1.54, 1.807) is 0 Å². The lowest BCUT2D eigenvalue weighted by Gasteiger charge is -2.29. The molecule has 18 heavy (non-hydrogen) atoms. The van der Waals surface area contributed by atoms with Crippen molar-refractivity contribution in [3.8, 4) is 0 Å². The lowest BCUT2D eigenvalue weighted by atomic mass is 10.0. The maximum Gasteiger partial charge on any atom is 0.0534 e. The summed E-state index contributed by atoms with van der Waals surface area (Å²) in [6.07, 6.45) is 8.74. The van der Waals surface area contributed by atoms with Gasteiger partial charge in [-0.3, -0.25) is 4.68 Å². The van der Waals surface area contributed by atoms with Gasteiger partial charge in [0.2, 0.25) is 0 Å². The fourth-order valence-electron chi connectivity index (χ4n) is 2.05. The summed E-state index contributed by atoms with van der Waals surface area (Å²) in [6, 6.07) is 0.440. The summed E-state index contributed by atoms with van der Waals surface area (Å²) in [5.74, 6) is 0. The molecule has 1 aromatic rings. The fraction of sp³-hybridized carbons (Fsp3) is 0.786. The molecule has 0 radical (unpaired) electrons. The summed E-state index contributed by atoms with van der Waals surface area (Å²) in [5, 5.41) is 7.94. The molecule has 0 aliphatic rings. The Morgan fingerprint density at radius 3 is 2.50 bits per heavy atom. The van der Waals surface area contributed by atoms with Crippen LogP contribution >= 0.6 is 11.8 Å². The zero-order chi connectivity index (χ0) is 13.6. The summed E-state index contributed by atoms with van der Waals surface area (Å²) >= 11 is 1.98. The van der Waals surface area contributed by atoms with Gasteiger partial charge in [-0.05, 0) is 32.9 Å². The van der Waals surface area contributed by atoms with Gasteiger partial charge in [0.05, 0.1) is 6.20 Å². The van der Waals surface area contributed by atoms with Crippen molar-refractivity contribution in [2.24, 2.45) is 0 Å². The minimum atomic E-state index is 0.383. The first kappa shape index (κ1) is 15.6. The van der Waals surface area contributed by atoms with Gasteiger partial charge in [0, 0.05) is 35.6 Å². The van der Waals surface area contributed by atoms with E-state index in [0.717, 1.165) is 13.1 Å². The molecule has 0 saturated heterocycles. The molecule has 1 rings (SSSR count). The summed E-state index contributed by atoms with van der Waals surface area (Å²) in [7, 11) is 0. The van der Waals surface area contributed by atoms with Crippen LogP contribution < -0.4 is 5.32 Å². The van der Waals surface area contributed by atoms with E-state index < -0.39 is 0 Å². The molecular formula is C14H27N3S. The third kappa shape index (κ3) is 4.02. The van der Waals surface area contributed by atoms with E-state index in [2.05, 4.69) is 50.6 Å². The minimum absolute atomic E-state index is 0.383. The summed E-state index contributed by atoms with van der Waals surface area (Å²) < 4.78 is 2.40. The van der Waals surface area contributed by atoms with Gasteiger partial charge in [-0.25, -0.2) is 0 Å². The lowest BCUT2D eigenvalue weighted by molar-refractivity contribution is 0.494. The number of hydrogen-bond acceptors (Lipinski definition) is 3. The van der Waals surface area contributed by atoms with Gasteiger partial charge in [0.15, 0.2) is 0 Å². The van der Waals surface area contributed by atoms with Crippen LogP contribution in [0.4, 0.5) is 0 Å². The number of thioether (sulfide) groups is 1. The number of hydrogen-bond donors (Lipinski definition) is 1. The highest BCUT2D eigenvalue weighted by Crippen LogP contribution is 2.29. The van der Waals surface area contributed by atoms with Gasteiger partial charge in [0.1, 0.15) is 0 Å². The topological polar surface area (TPSA) is 29.9 Å². The Morgan fingerprint density at radius 1 is 1.39 bits per heavy atom. The largest absolute Gasteiger partial charge is 0.311 e. The second-order valence-corrected chi connectivity index (χ2v) is 6.39. The fourth-order valence-corrected chi connectivity index (χ4v) is 2.87. The van der Waals surface area contributed by atoms with E-state index >= 15 is 0 Å². The first-order chi connectivity index (χ1) is 8.56. The molecule has 0 aliphatic carbocycles. The van der Waals surface area contributed by atoms with Crippen molar-refractivity contribution >= 4 is 11.8 Å². The summed E-state index contributed by atoms with van der Waals surface area (Å²) in [4.78, 5) is 0. The summed E-state index contributed by atoms with van der Waals surface area (Å²) in [5.41, 5.74) is 1.27. The van der Waals surface area contributed by atoms with Crippen LogP contribution in [0.25, 0.3) is 0 Å². The van der Waals surface area contributed by atoms with Crippen molar-refractivity contribution in [1.29, 1.82) is 0 Å². The van der Waals surface area contributed by atoms with Gasteiger partial charge in [0.25, 0.3) is 0 Å². The smallest absolute Gasteiger partial charge is 0.0534 e. The van der Waals surface area contributed by atoms with Gasteiger partial charge in [-0.1, -0.05) is 13.8 Å². The minimum Gasteiger partial charge on any atom is -0.311 e. The van der Waals surface area contributed by atoms with Crippen molar-refractivity contribution < 1.29 is 0 Å². The quantitative estimate of drug-likeness (QED) is 0.783. The Kier molecular flexibility index (Phi) is 6.22. The van der Waals surface area contributed by atoms with Crippen LogP contribution in [0.2, 0.25) is 0 Å². The Morgan fingerprint density at radius 2 is 2.06 bits per heavy atom. The van der Waals surface area contributed by atoms with E-state index in [1.165, 1.54) is 18.4 Å². The van der Waals surface area contributed by atoms with Crippen LogP contribution in [0.15, 0.2) is 12.4 Å². The van der Waals surface area contributed by atoms with E-state index in [9.17, 15) is 0 Å². The maximum absolute atomic E-state index is 4.36. The molecule has 0 fully saturated rings. The molecule has 0 bridgehead atoms. The molecule has 4 heteroatoms. The van der Waals surface area contributed by atoms with Gasteiger partial charge >= 0.3 is 0 Å². The van der Waals surface area contributed by atoms with Gasteiger partial charge < -0.3 is 5.32 Å². The molecule has 1 N–H and O–H groups in total. The molecule has 0 spiro atoms. The molecule has 0 saturated carbocycles. The first-order valence-corrected chi connectivity index (χ1v) is 8.08. The third-order valence-corrected chi connectivity index (χ3v) is 5.27. The van der Waals surface area contributed by atoms with Crippen molar-refractivity contribution in [2.45, 2.75) is 57.9 Å². The predicted molar refractivity (Wildman–Crippen MR) is 81.1 cm³/mol. The Hall–Kier alpha value is -0.480. The molecular weight excluding hydrogens is 242 g/mol. The summed E-state index contributed by atoms with van der Waals surface area (Å²) in [6.45, 7) is 10.8. The molecule has 104 valence electrons. The second-order valence-electron chi connectivity index (χ2n) is 5.12. The van der Waals surface area contributed by atoms with Crippen molar-refractivity contribution in [1.82, 2.24) is 15.1 Å². The maximum atomic E-state index is 4.36. The van der Waals surface area contributed by atoms with Crippen molar-refractivity contribution in [2.75, 3.05) is 12.8 Å². The van der Waals surface area contributed by atoms with E-state index in [-0.39, 0.29) is 0 Å². The standard InChI is InChI=1S/C14H27N3S/c1-6-14(7-2,18-5)11-15-8-13-9-16-17(10-13)12(3)4/h9-10,12,15H,6-8,11H2,1-5H3. The number of nitrogens with zero attached hydrogens (tertiary/aromatic N) is 2. The molecule has 0 unspecified atom stereocenters. The first-order valence-electron chi connectivity index (χ1n) is 6.85. The van der Waals surface area contributed by atoms with Crippen LogP contribution in [0.5, 0.6) is 0 Å². The Bertz CT molecular complexity index is 334. The molecule has 1 aromatic heterocycles. The predicted octanol–water partition coefficient (Wildman–Crippen LogP) is 3.48. The highest BCUT2D eigenvalue weighted by Gasteiger charge is 2.23. The zero-order valence-corrected chi connectivity index (χ0v) is 13.2. The molecule has 0 amide bonds. The molecule has 3 nitrogen and oxygen atoms in total. The van der Waals surface area contributed by atoms with Crippen LogP contribution in [0, 0.1) is 0 Å². The molecule has 0 atom stereocenters. The number of nitrogens with one attached hydrogen (secondary N) is 1.